The Morgan fingerprint density at radius 3 is 1.90 bits per heavy atom. The smallest absolute Gasteiger partial charge is 0.295 e. The Labute approximate surface area is 225 Å². The van der Waals surface area contributed by atoms with Crippen molar-refractivity contribution < 1.29 is 36.2 Å². The number of benzene rings is 4. The predicted molar refractivity (Wildman–Crippen MR) is 141 cm³/mol. The molecule has 0 radical (unpaired) electrons. The highest BCUT2D eigenvalue weighted by Gasteiger charge is 2.25. The molecule has 39 heavy (non-hydrogen) atoms. The lowest BCUT2D eigenvalue weighted by Crippen LogP contribution is -2.27. The molecular weight excluding hydrogens is 574 g/mol. The Morgan fingerprint density at radius 1 is 0.744 bits per heavy atom. The summed E-state index contributed by atoms with van der Waals surface area (Å²) in [6.07, 6.45) is 1.09. The topological polar surface area (TPSA) is 203 Å². The van der Waals surface area contributed by atoms with Gasteiger partial charge in [0.2, 0.25) is 5.28 Å². The molecule has 0 bridgehead atoms. The van der Waals surface area contributed by atoms with Gasteiger partial charge >= 0.3 is 0 Å². The van der Waals surface area contributed by atoms with E-state index in [1.165, 1.54) is 53.5 Å². The minimum absolute atomic E-state index is 0.0131. The van der Waals surface area contributed by atoms with Gasteiger partial charge in [-0.15, -0.1) is 0 Å². The van der Waals surface area contributed by atoms with E-state index in [4.69, 9.17) is 11.6 Å². The van der Waals surface area contributed by atoms with Crippen molar-refractivity contribution in [3.05, 3.63) is 72.3 Å². The van der Waals surface area contributed by atoms with Gasteiger partial charge in [-0.1, -0.05) is 24.3 Å². The van der Waals surface area contributed by atoms with Crippen molar-refractivity contribution in [2.45, 2.75) is 9.79 Å². The fourth-order valence-corrected chi connectivity index (χ4v) is 5.64. The van der Waals surface area contributed by atoms with E-state index in [2.05, 4.69) is 20.4 Å². The molecule has 0 spiro atoms. The van der Waals surface area contributed by atoms with E-state index in [1.807, 2.05) is 0 Å². The van der Waals surface area contributed by atoms with Crippen molar-refractivity contribution in [1.82, 2.24) is 15.0 Å². The molecule has 5 rings (SSSR count). The number of anilines is 3. The quantitative estimate of drug-likeness (QED) is 0.141. The van der Waals surface area contributed by atoms with Crippen LogP contribution in [0.1, 0.15) is 0 Å². The van der Waals surface area contributed by atoms with E-state index in [0.29, 0.717) is 0 Å². The molecule has 1 aromatic heterocycles. The molecule has 0 atom stereocenters. The lowest BCUT2D eigenvalue weighted by Gasteiger charge is -2.27. The molecular formula is C23H16ClN5O8S2. The molecule has 16 heteroatoms. The summed E-state index contributed by atoms with van der Waals surface area (Å²) < 4.78 is 67.5. The van der Waals surface area contributed by atoms with Crippen LogP contribution in [-0.2, 0) is 20.2 Å². The maximum absolute atomic E-state index is 12.0. The molecule has 0 fully saturated rings. The predicted octanol–water partition coefficient (Wildman–Crippen LogP) is 3.90. The van der Waals surface area contributed by atoms with Gasteiger partial charge in [-0.25, -0.2) is 9.99 Å². The third-order valence-electron chi connectivity index (χ3n) is 5.69. The SMILES string of the molecule is O=S(=O)(O)c1ccc(NN(c2ncnc(Cl)n2)c2ccc(S(=O)(=O)O)c3cccc(O)c23)c2c(O)cccc12. The second kappa shape index (κ2) is 9.48. The number of rotatable bonds is 6. The third kappa shape index (κ3) is 4.84. The zero-order chi connectivity index (χ0) is 28.1. The summed E-state index contributed by atoms with van der Waals surface area (Å²) in [6.45, 7) is 0. The van der Waals surface area contributed by atoms with Crippen LogP contribution < -0.4 is 10.4 Å². The number of nitrogens with zero attached hydrogens (tertiary/aromatic N) is 4. The van der Waals surface area contributed by atoms with Crippen LogP contribution in [0.4, 0.5) is 17.3 Å². The van der Waals surface area contributed by atoms with Crippen LogP contribution in [0.15, 0.2) is 76.8 Å². The third-order valence-corrected chi connectivity index (χ3v) is 7.70. The summed E-state index contributed by atoms with van der Waals surface area (Å²) >= 11 is 5.99. The Morgan fingerprint density at radius 2 is 1.31 bits per heavy atom. The molecule has 5 N–H and O–H groups in total. The fraction of sp³-hybridized carbons (Fsp3) is 0. The molecule has 0 saturated heterocycles. The molecule has 1 heterocycles. The highest BCUT2D eigenvalue weighted by molar-refractivity contribution is 7.86. The van der Waals surface area contributed by atoms with Gasteiger partial charge in [0.05, 0.1) is 16.8 Å². The van der Waals surface area contributed by atoms with Gasteiger partial charge < -0.3 is 10.2 Å². The molecule has 0 saturated carbocycles. The Balaban J connectivity index is 1.82. The molecule has 5 aromatic rings. The minimum atomic E-state index is -4.70. The van der Waals surface area contributed by atoms with Crippen LogP contribution >= 0.6 is 11.6 Å². The Kier molecular flexibility index (Phi) is 6.40. The van der Waals surface area contributed by atoms with E-state index in [0.717, 1.165) is 18.5 Å². The van der Waals surface area contributed by atoms with Crippen molar-refractivity contribution >= 4 is 70.7 Å². The summed E-state index contributed by atoms with van der Waals surface area (Å²) in [4.78, 5) is 11.0. The fourth-order valence-electron chi connectivity index (χ4n) is 4.15. The minimum Gasteiger partial charge on any atom is -0.507 e. The number of hydrazine groups is 1. The highest BCUT2D eigenvalue weighted by atomic mass is 35.5. The van der Waals surface area contributed by atoms with Crippen LogP contribution in [0.25, 0.3) is 21.5 Å². The summed E-state index contributed by atoms with van der Waals surface area (Å²) in [6, 6.07) is 12.8. The van der Waals surface area contributed by atoms with Gasteiger partial charge in [-0.05, 0) is 48.0 Å². The highest BCUT2D eigenvalue weighted by Crippen LogP contribution is 2.41. The Hall–Kier alpha value is -4.28. The number of aromatic nitrogens is 3. The number of halogens is 1. The van der Waals surface area contributed by atoms with Gasteiger partial charge in [0.25, 0.3) is 26.2 Å². The second-order valence-electron chi connectivity index (χ2n) is 8.05. The second-order valence-corrected chi connectivity index (χ2v) is 11.2. The van der Waals surface area contributed by atoms with Gasteiger partial charge in [0.15, 0.2) is 0 Å². The summed E-state index contributed by atoms with van der Waals surface area (Å²) in [5.74, 6) is -0.862. The van der Waals surface area contributed by atoms with E-state index in [-0.39, 0.29) is 55.7 Å². The standard InChI is InChI=1S/C23H16ClN5O8S2/c24-22-25-11-26-23(27-22)29(15-8-10-19(39(35,36)37)13-4-2-6-17(31)21(13)15)28-14-7-9-18(38(32,33)34)12-3-1-5-16(30)20(12)14/h1-11,28,30-31H,(H,32,33,34)(H,35,36,37). The maximum Gasteiger partial charge on any atom is 0.295 e. The zero-order valence-electron chi connectivity index (χ0n) is 19.3. The summed E-state index contributed by atoms with van der Waals surface area (Å²) in [5, 5.41) is 22.2. The number of nitrogens with one attached hydrogen (secondary N) is 1. The number of fused-ring (bicyclic) bond motifs is 2. The van der Waals surface area contributed by atoms with Crippen LogP contribution in [0.5, 0.6) is 11.5 Å². The molecule has 4 aromatic carbocycles. The van der Waals surface area contributed by atoms with Crippen molar-refractivity contribution in [2.75, 3.05) is 10.4 Å². The van der Waals surface area contributed by atoms with Crippen molar-refractivity contribution in [3.8, 4) is 11.5 Å². The molecule has 13 nitrogen and oxygen atoms in total. The Bertz CT molecular complexity index is 2010. The normalized spacial score (nSPS) is 12.1. The number of aromatic hydroxyl groups is 2. The van der Waals surface area contributed by atoms with Crippen molar-refractivity contribution in [1.29, 1.82) is 0 Å². The molecule has 0 aliphatic carbocycles. The first-order chi connectivity index (χ1) is 18.4. The van der Waals surface area contributed by atoms with E-state index < -0.39 is 30.0 Å². The lowest BCUT2D eigenvalue weighted by molar-refractivity contribution is 0.479. The van der Waals surface area contributed by atoms with E-state index >= 15 is 0 Å². The maximum atomic E-state index is 12.0. The zero-order valence-corrected chi connectivity index (χ0v) is 21.6. The van der Waals surface area contributed by atoms with Crippen LogP contribution in [0, 0.1) is 0 Å². The molecule has 200 valence electrons. The van der Waals surface area contributed by atoms with Crippen LogP contribution in [-0.4, -0.2) is 51.1 Å². The molecule has 0 aliphatic rings. The number of hydrogen-bond donors (Lipinski definition) is 5. The first kappa shape index (κ1) is 26.3. The number of phenols is 2. The first-order valence-corrected chi connectivity index (χ1v) is 14.0. The number of hydrogen-bond acceptors (Lipinski definition) is 11. The van der Waals surface area contributed by atoms with Gasteiger partial charge in [-0.2, -0.15) is 26.8 Å². The van der Waals surface area contributed by atoms with Crippen LogP contribution in [0.2, 0.25) is 5.28 Å². The van der Waals surface area contributed by atoms with Gasteiger partial charge in [-0.3, -0.25) is 14.5 Å². The molecule has 0 unspecified atom stereocenters. The van der Waals surface area contributed by atoms with E-state index in [1.54, 1.807) is 0 Å². The van der Waals surface area contributed by atoms with Crippen molar-refractivity contribution in [3.63, 3.8) is 0 Å². The summed E-state index contributed by atoms with van der Waals surface area (Å²) in [7, 11) is -9.37. The largest absolute Gasteiger partial charge is 0.507 e. The van der Waals surface area contributed by atoms with Crippen molar-refractivity contribution in [2.24, 2.45) is 0 Å². The number of phenolic OH excluding ortho intramolecular Hbond substituents is 2. The monoisotopic (exact) mass is 589 g/mol. The van der Waals surface area contributed by atoms with Crippen LogP contribution in [0.3, 0.4) is 0 Å². The summed E-state index contributed by atoms with van der Waals surface area (Å²) in [5.41, 5.74) is 3.10. The van der Waals surface area contributed by atoms with E-state index in [9.17, 15) is 36.2 Å². The molecule has 0 aliphatic heterocycles. The average molecular weight is 590 g/mol. The van der Waals surface area contributed by atoms with Gasteiger partial charge in [0, 0.05) is 16.2 Å². The lowest BCUT2D eigenvalue weighted by atomic mass is 10.1. The average Bonchev–Trinajstić information content (AvgIpc) is 2.85. The first-order valence-electron chi connectivity index (χ1n) is 10.7. The molecule has 0 amide bonds. The van der Waals surface area contributed by atoms with Gasteiger partial charge in [0.1, 0.15) is 27.6 Å².